The van der Waals surface area contributed by atoms with Crippen LogP contribution in [0.25, 0.3) is 0 Å². The molecule has 0 saturated heterocycles. The van der Waals surface area contributed by atoms with E-state index in [9.17, 15) is 20.0 Å². The molecule has 1 atom stereocenters. The first-order chi connectivity index (χ1) is 7.88. The third kappa shape index (κ3) is 2.38. The minimum Gasteiger partial charge on any atom is -0.479 e. The maximum absolute atomic E-state index is 10.8. The molecule has 1 rings (SSSR count). The van der Waals surface area contributed by atoms with Crippen LogP contribution in [0.2, 0.25) is 0 Å². The molecule has 2 N–H and O–H groups in total. The highest BCUT2D eigenvalue weighted by molar-refractivity contribution is 5.77. The zero-order valence-electron chi connectivity index (χ0n) is 8.75. The van der Waals surface area contributed by atoms with E-state index in [2.05, 4.69) is 0 Å². The Morgan fingerprint density at radius 1 is 1.59 bits per heavy atom. The number of nitro groups is 1. The van der Waals surface area contributed by atoms with Gasteiger partial charge in [0.2, 0.25) is 0 Å². The van der Waals surface area contributed by atoms with Gasteiger partial charge in [-0.25, -0.2) is 4.79 Å². The maximum atomic E-state index is 10.8. The van der Waals surface area contributed by atoms with Crippen LogP contribution in [0.5, 0.6) is 0 Å². The molecule has 7 heteroatoms. The van der Waals surface area contributed by atoms with Gasteiger partial charge in [0.15, 0.2) is 6.10 Å². The molecule has 0 aliphatic heterocycles. The average molecular weight is 236 g/mol. The van der Waals surface area contributed by atoms with Crippen molar-refractivity contribution in [3.05, 3.63) is 38.9 Å². The van der Waals surface area contributed by atoms with Gasteiger partial charge in [-0.05, 0) is 18.6 Å². The molecule has 0 bridgehead atoms. The average Bonchev–Trinajstić information content (AvgIpc) is 2.26. The summed E-state index contributed by atoms with van der Waals surface area (Å²) in [6, 6.07) is 4.04. The molecule has 0 aliphatic rings. The topological polar surface area (TPSA) is 124 Å². The van der Waals surface area contributed by atoms with E-state index in [0.717, 1.165) is 6.07 Å². The summed E-state index contributed by atoms with van der Waals surface area (Å²) in [4.78, 5) is 20.6. The minimum atomic E-state index is -2.09. The largest absolute Gasteiger partial charge is 0.479 e. The Morgan fingerprint density at radius 3 is 2.59 bits per heavy atom. The molecule has 7 nitrogen and oxygen atoms in total. The molecule has 0 fully saturated rings. The predicted molar refractivity (Wildman–Crippen MR) is 55.1 cm³/mol. The predicted octanol–water partition coefficient (Wildman–Crippen LogP) is 0.893. The summed E-state index contributed by atoms with van der Waals surface area (Å²) in [5.74, 6) is -1.64. The molecular weight excluding hydrogens is 228 g/mol. The molecule has 0 aliphatic carbocycles. The molecule has 0 saturated carbocycles. The van der Waals surface area contributed by atoms with Gasteiger partial charge in [0.25, 0.3) is 5.69 Å². The summed E-state index contributed by atoms with van der Waals surface area (Å²) in [6.45, 7) is 1.53. The third-order valence-electron chi connectivity index (χ3n) is 2.13. The van der Waals surface area contributed by atoms with Crippen molar-refractivity contribution < 1.29 is 19.9 Å². The number of aliphatic hydroxyl groups is 1. The van der Waals surface area contributed by atoms with Crippen LogP contribution in [0.3, 0.4) is 0 Å². The summed E-state index contributed by atoms with van der Waals surface area (Å²) in [7, 11) is 0. The molecule has 0 spiro atoms. The van der Waals surface area contributed by atoms with Crippen molar-refractivity contribution in [2.24, 2.45) is 0 Å². The number of hydrogen-bond acceptors (Lipinski definition) is 5. The number of carboxylic acid groups (broad SMARTS) is 1. The van der Waals surface area contributed by atoms with Gasteiger partial charge in [-0.1, -0.05) is 0 Å². The fourth-order valence-corrected chi connectivity index (χ4v) is 1.43. The zero-order valence-corrected chi connectivity index (χ0v) is 8.75. The minimum absolute atomic E-state index is 0.216. The maximum Gasteiger partial charge on any atom is 0.337 e. The number of carbonyl (C=O) groups is 1. The van der Waals surface area contributed by atoms with Crippen molar-refractivity contribution in [3.63, 3.8) is 0 Å². The van der Waals surface area contributed by atoms with Crippen LogP contribution < -0.4 is 0 Å². The van der Waals surface area contributed by atoms with E-state index in [4.69, 9.17) is 10.4 Å². The van der Waals surface area contributed by atoms with Gasteiger partial charge < -0.3 is 10.2 Å². The van der Waals surface area contributed by atoms with Crippen LogP contribution in [0.4, 0.5) is 5.69 Å². The molecule has 1 aromatic carbocycles. The molecule has 0 heterocycles. The van der Waals surface area contributed by atoms with Crippen LogP contribution in [0, 0.1) is 28.4 Å². The Kier molecular flexibility index (Phi) is 3.40. The number of aliphatic hydroxyl groups excluding tert-OH is 1. The fourth-order valence-electron chi connectivity index (χ4n) is 1.43. The quantitative estimate of drug-likeness (QED) is 0.593. The first kappa shape index (κ1) is 12.6. The number of benzene rings is 1. The van der Waals surface area contributed by atoms with E-state index in [1.165, 1.54) is 13.0 Å². The Labute approximate surface area is 95.7 Å². The Morgan fingerprint density at radius 2 is 2.18 bits per heavy atom. The second-order valence-corrected chi connectivity index (χ2v) is 3.35. The molecule has 1 unspecified atom stereocenters. The van der Waals surface area contributed by atoms with Crippen molar-refractivity contribution in [2.75, 3.05) is 0 Å². The third-order valence-corrected chi connectivity index (χ3v) is 2.13. The molecule has 0 amide bonds. The van der Waals surface area contributed by atoms with Crippen molar-refractivity contribution in [1.82, 2.24) is 0 Å². The van der Waals surface area contributed by atoms with Crippen LogP contribution in [0.15, 0.2) is 12.1 Å². The lowest BCUT2D eigenvalue weighted by Gasteiger charge is -2.09. The zero-order chi connectivity index (χ0) is 13.2. The lowest BCUT2D eigenvalue weighted by Crippen LogP contribution is -2.14. The van der Waals surface area contributed by atoms with E-state index in [-0.39, 0.29) is 5.56 Å². The van der Waals surface area contributed by atoms with Crippen LogP contribution in [-0.4, -0.2) is 21.1 Å². The van der Waals surface area contributed by atoms with Gasteiger partial charge in [0.1, 0.15) is 0 Å². The number of hydrogen-bond donors (Lipinski definition) is 2. The van der Waals surface area contributed by atoms with Crippen molar-refractivity contribution >= 4 is 11.7 Å². The molecule has 17 heavy (non-hydrogen) atoms. The first-order valence-electron chi connectivity index (χ1n) is 4.48. The summed E-state index contributed by atoms with van der Waals surface area (Å²) in [5.41, 5.74) is -0.840. The van der Waals surface area contributed by atoms with Crippen molar-refractivity contribution in [3.8, 4) is 6.07 Å². The summed E-state index contributed by atoms with van der Waals surface area (Å²) < 4.78 is 0. The molecule has 88 valence electrons. The Balaban J connectivity index is 3.60. The van der Waals surface area contributed by atoms with E-state index >= 15 is 0 Å². The number of nitro benzene ring substituents is 1. The smallest absolute Gasteiger partial charge is 0.337 e. The summed E-state index contributed by atoms with van der Waals surface area (Å²) >= 11 is 0. The van der Waals surface area contributed by atoms with Gasteiger partial charge in [-0.15, -0.1) is 0 Å². The highest BCUT2D eigenvalue weighted by Gasteiger charge is 2.29. The highest BCUT2D eigenvalue weighted by Crippen LogP contribution is 2.30. The Bertz CT molecular complexity index is 532. The van der Waals surface area contributed by atoms with Crippen LogP contribution in [0.1, 0.15) is 22.8 Å². The van der Waals surface area contributed by atoms with Crippen LogP contribution >= 0.6 is 0 Å². The normalized spacial score (nSPS) is 11.6. The number of aliphatic carboxylic acids is 1. The summed E-state index contributed by atoms with van der Waals surface area (Å²) in [5, 5.41) is 37.6. The van der Waals surface area contributed by atoms with Crippen molar-refractivity contribution in [2.45, 2.75) is 13.0 Å². The standard InChI is InChI=1S/C10H8N2O5/c1-5-2-6(4-11)8(9(13)10(14)15)7(3-5)12(16)17/h2-3,9,13H,1H3,(H,14,15). The number of rotatable bonds is 3. The number of aryl methyl sites for hydroxylation is 1. The van der Waals surface area contributed by atoms with E-state index < -0.39 is 28.2 Å². The molecular formula is C10H8N2O5. The van der Waals surface area contributed by atoms with E-state index in [1.807, 2.05) is 0 Å². The number of nitriles is 1. The first-order valence-corrected chi connectivity index (χ1v) is 4.48. The monoisotopic (exact) mass is 236 g/mol. The lowest BCUT2D eigenvalue weighted by molar-refractivity contribution is -0.386. The summed E-state index contributed by atoms with van der Waals surface area (Å²) in [6.07, 6.45) is -2.09. The van der Waals surface area contributed by atoms with E-state index in [1.54, 1.807) is 6.07 Å². The second-order valence-electron chi connectivity index (χ2n) is 3.35. The van der Waals surface area contributed by atoms with Gasteiger partial charge in [-0.3, -0.25) is 10.1 Å². The van der Waals surface area contributed by atoms with Gasteiger partial charge in [-0.2, -0.15) is 5.26 Å². The fraction of sp³-hybridized carbons (Fsp3) is 0.200. The molecule has 0 aromatic heterocycles. The number of carboxylic acids is 1. The molecule has 1 aromatic rings. The SMILES string of the molecule is Cc1cc(C#N)c(C(O)C(=O)O)c([N+](=O)[O-])c1. The lowest BCUT2D eigenvalue weighted by atomic mass is 9.98. The van der Waals surface area contributed by atoms with Gasteiger partial charge in [0.05, 0.1) is 22.1 Å². The highest BCUT2D eigenvalue weighted by atomic mass is 16.6. The number of nitrogens with zero attached hydrogens (tertiary/aromatic N) is 2. The van der Waals surface area contributed by atoms with Gasteiger partial charge >= 0.3 is 5.97 Å². The molecule has 0 radical (unpaired) electrons. The van der Waals surface area contributed by atoms with E-state index in [0.29, 0.717) is 5.56 Å². The Hall–Kier alpha value is -2.46. The van der Waals surface area contributed by atoms with Crippen LogP contribution in [-0.2, 0) is 4.79 Å². The second kappa shape index (κ2) is 4.59. The van der Waals surface area contributed by atoms with Gasteiger partial charge in [0, 0.05) is 6.07 Å². The van der Waals surface area contributed by atoms with Crippen molar-refractivity contribution in [1.29, 1.82) is 5.26 Å².